The Balaban J connectivity index is 1.92. The number of carbonyl (C=O) groups excluding carboxylic acids is 2. The second-order valence-corrected chi connectivity index (χ2v) is 11.8. The zero-order valence-electron chi connectivity index (χ0n) is 24.8. The van der Waals surface area contributed by atoms with Crippen molar-refractivity contribution >= 4 is 28.8 Å². The lowest BCUT2D eigenvalue weighted by molar-refractivity contribution is -0.132. The number of nitrogens with zero attached hydrogens (tertiary/aromatic N) is 2. The summed E-state index contributed by atoms with van der Waals surface area (Å²) >= 11 is 0. The normalized spacial score (nSPS) is 17.0. The molecule has 1 unspecified atom stereocenters. The summed E-state index contributed by atoms with van der Waals surface area (Å²) in [5.41, 5.74) is 4.86. The summed E-state index contributed by atoms with van der Waals surface area (Å²) in [6.07, 6.45) is 0. The SMILES string of the molecule is CCOc1ccc(/C(O)=C2/C(=O)C(=O)N(c3ccc(N(C)C)cc3)C2c2ccc(C(C)(C)C)cc2)cc1C(C)C. The maximum absolute atomic E-state index is 13.6. The van der Waals surface area contributed by atoms with Crippen LogP contribution in [-0.2, 0) is 15.0 Å². The summed E-state index contributed by atoms with van der Waals surface area (Å²) in [5.74, 6) is -0.698. The number of anilines is 2. The number of carbonyl (C=O) groups is 2. The summed E-state index contributed by atoms with van der Waals surface area (Å²) in [6, 6.07) is 20.1. The largest absolute Gasteiger partial charge is 0.507 e. The number of rotatable bonds is 7. The fourth-order valence-corrected chi connectivity index (χ4v) is 5.08. The van der Waals surface area contributed by atoms with Crippen molar-refractivity contribution in [3.8, 4) is 5.75 Å². The van der Waals surface area contributed by atoms with E-state index in [-0.39, 0.29) is 22.7 Å². The molecule has 1 aliphatic heterocycles. The summed E-state index contributed by atoms with van der Waals surface area (Å²) in [5, 5.41) is 11.7. The van der Waals surface area contributed by atoms with E-state index < -0.39 is 17.7 Å². The Bertz CT molecular complexity index is 1430. The average molecular weight is 541 g/mol. The van der Waals surface area contributed by atoms with Crippen LogP contribution >= 0.6 is 0 Å². The minimum absolute atomic E-state index is 0.0576. The first-order valence-electron chi connectivity index (χ1n) is 13.8. The molecule has 1 saturated heterocycles. The van der Waals surface area contributed by atoms with Crippen molar-refractivity contribution in [2.45, 2.75) is 58.9 Å². The predicted molar refractivity (Wildman–Crippen MR) is 162 cm³/mol. The van der Waals surface area contributed by atoms with Crippen LogP contribution in [0.25, 0.3) is 5.76 Å². The summed E-state index contributed by atoms with van der Waals surface area (Å²) < 4.78 is 5.80. The number of hydrogen-bond donors (Lipinski definition) is 1. The van der Waals surface area contributed by atoms with Crippen molar-refractivity contribution < 1.29 is 19.4 Å². The van der Waals surface area contributed by atoms with E-state index in [1.54, 1.807) is 6.07 Å². The number of ether oxygens (including phenoxy) is 1. The maximum Gasteiger partial charge on any atom is 0.300 e. The highest BCUT2D eigenvalue weighted by atomic mass is 16.5. The van der Waals surface area contributed by atoms with Crippen molar-refractivity contribution in [2.75, 3.05) is 30.5 Å². The van der Waals surface area contributed by atoms with Gasteiger partial charge in [0.25, 0.3) is 11.7 Å². The third kappa shape index (κ3) is 5.48. The minimum Gasteiger partial charge on any atom is -0.507 e. The zero-order chi connectivity index (χ0) is 29.4. The molecule has 3 aromatic carbocycles. The predicted octanol–water partition coefficient (Wildman–Crippen LogP) is 7.20. The summed E-state index contributed by atoms with van der Waals surface area (Å²) in [6.45, 7) is 13.0. The Kier molecular flexibility index (Phi) is 8.10. The fraction of sp³-hybridized carbons (Fsp3) is 0.353. The molecule has 210 valence electrons. The van der Waals surface area contributed by atoms with Gasteiger partial charge >= 0.3 is 0 Å². The topological polar surface area (TPSA) is 70.1 Å². The molecule has 3 aromatic rings. The highest BCUT2D eigenvalue weighted by Gasteiger charge is 2.47. The van der Waals surface area contributed by atoms with Gasteiger partial charge < -0.3 is 14.7 Å². The molecule has 6 heteroatoms. The summed E-state index contributed by atoms with van der Waals surface area (Å²) in [4.78, 5) is 30.7. The van der Waals surface area contributed by atoms with Crippen LogP contribution in [-0.4, -0.2) is 37.5 Å². The third-order valence-corrected chi connectivity index (χ3v) is 7.39. The number of Topliss-reactive ketones (excluding diaryl/α,β-unsaturated/α-hetero) is 1. The number of aliphatic hydroxyl groups excluding tert-OH is 1. The van der Waals surface area contributed by atoms with Crippen molar-refractivity contribution in [3.05, 3.63) is 94.6 Å². The van der Waals surface area contributed by atoms with E-state index >= 15 is 0 Å². The first-order chi connectivity index (χ1) is 18.8. The Morgan fingerprint density at radius 2 is 1.60 bits per heavy atom. The molecule has 0 aromatic heterocycles. The molecule has 1 atom stereocenters. The van der Waals surface area contributed by atoms with Gasteiger partial charge in [-0.15, -0.1) is 0 Å². The molecule has 0 aliphatic carbocycles. The van der Waals surface area contributed by atoms with Crippen molar-refractivity contribution in [3.63, 3.8) is 0 Å². The van der Waals surface area contributed by atoms with Gasteiger partial charge in [0.15, 0.2) is 0 Å². The minimum atomic E-state index is -0.784. The number of benzene rings is 3. The average Bonchev–Trinajstić information content (AvgIpc) is 3.18. The Morgan fingerprint density at radius 3 is 2.12 bits per heavy atom. The van der Waals surface area contributed by atoms with E-state index in [9.17, 15) is 14.7 Å². The monoisotopic (exact) mass is 540 g/mol. The van der Waals surface area contributed by atoms with Crippen LogP contribution in [0.5, 0.6) is 5.75 Å². The van der Waals surface area contributed by atoms with Gasteiger partial charge in [0.1, 0.15) is 11.5 Å². The van der Waals surface area contributed by atoms with Crippen LogP contribution < -0.4 is 14.5 Å². The van der Waals surface area contributed by atoms with E-state index in [0.717, 1.165) is 28.1 Å². The van der Waals surface area contributed by atoms with E-state index in [2.05, 4.69) is 34.6 Å². The smallest absolute Gasteiger partial charge is 0.300 e. The van der Waals surface area contributed by atoms with Crippen molar-refractivity contribution in [1.29, 1.82) is 0 Å². The molecular weight excluding hydrogens is 500 g/mol. The van der Waals surface area contributed by atoms with Crippen molar-refractivity contribution in [2.24, 2.45) is 0 Å². The maximum atomic E-state index is 13.6. The van der Waals surface area contributed by atoms with E-state index in [1.165, 1.54) is 4.90 Å². The first-order valence-corrected chi connectivity index (χ1v) is 13.8. The van der Waals surface area contributed by atoms with E-state index in [0.29, 0.717) is 17.9 Å². The molecule has 1 fully saturated rings. The lowest BCUT2D eigenvalue weighted by Gasteiger charge is -2.27. The molecular formula is C34H40N2O4. The second kappa shape index (κ2) is 11.2. The Morgan fingerprint density at radius 1 is 0.975 bits per heavy atom. The molecule has 40 heavy (non-hydrogen) atoms. The quantitative estimate of drug-likeness (QED) is 0.195. The molecule has 1 N–H and O–H groups in total. The molecule has 0 saturated carbocycles. The molecule has 0 bridgehead atoms. The highest BCUT2D eigenvalue weighted by molar-refractivity contribution is 6.51. The van der Waals surface area contributed by atoms with Gasteiger partial charge in [-0.05, 0) is 77.4 Å². The lowest BCUT2D eigenvalue weighted by Crippen LogP contribution is -2.29. The standard InChI is InChI=1S/C34H40N2O4/c1-9-40-28-19-12-23(20-27(28)21(2)3)31(37)29-30(22-10-13-24(14-11-22)34(4,5)6)36(33(39)32(29)38)26-17-15-25(16-18-26)35(7)8/h10-21,30,37H,9H2,1-8H3/b31-29-. The number of aliphatic hydroxyl groups is 1. The fourth-order valence-electron chi connectivity index (χ4n) is 5.08. The summed E-state index contributed by atoms with van der Waals surface area (Å²) in [7, 11) is 3.89. The second-order valence-electron chi connectivity index (χ2n) is 11.8. The van der Waals surface area contributed by atoms with E-state index in [4.69, 9.17) is 4.74 Å². The van der Waals surface area contributed by atoms with Gasteiger partial charge in [0, 0.05) is 31.0 Å². The van der Waals surface area contributed by atoms with Crippen LogP contribution in [0.4, 0.5) is 11.4 Å². The van der Waals surface area contributed by atoms with Gasteiger partial charge in [-0.2, -0.15) is 0 Å². The van der Waals surface area contributed by atoms with Crippen LogP contribution in [0.3, 0.4) is 0 Å². The lowest BCUT2D eigenvalue weighted by atomic mass is 9.85. The Hall–Kier alpha value is -4.06. The van der Waals surface area contributed by atoms with Gasteiger partial charge in [-0.3, -0.25) is 14.5 Å². The molecule has 1 amide bonds. The van der Waals surface area contributed by atoms with Crippen LogP contribution in [0.2, 0.25) is 0 Å². The van der Waals surface area contributed by atoms with Gasteiger partial charge in [-0.25, -0.2) is 0 Å². The molecule has 1 aliphatic rings. The molecule has 0 radical (unpaired) electrons. The molecule has 6 nitrogen and oxygen atoms in total. The van der Waals surface area contributed by atoms with E-state index in [1.807, 2.05) is 86.6 Å². The molecule has 4 rings (SSSR count). The van der Waals surface area contributed by atoms with Crippen molar-refractivity contribution in [1.82, 2.24) is 0 Å². The first kappa shape index (κ1) is 28.9. The van der Waals surface area contributed by atoms with Crippen LogP contribution in [0.1, 0.15) is 75.8 Å². The zero-order valence-corrected chi connectivity index (χ0v) is 24.8. The third-order valence-electron chi connectivity index (χ3n) is 7.39. The highest BCUT2D eigenvalue weighted by Crippen LogP contribution is 2.43. The van der Waals surface area contributed by atoms with Gasteiger partial charge in [0.05, 0.1) is 18.2 Å². The number of ketones is 1. The Labute approximate surface area is 237 Å². The molecule has 1 heterocycles. The number of amides is 1. The molecule has 0 spiro atoms. The van der Waals surface area contributed by atoms with Crippen LogP contribution in [0, 0.1) is 0 Å². The van der Waals surface area contributed by atoms with Crippen LogP contribution in [0.15, 0.2) is 72.3 Å². The van der Waals surface area contributed by atoms with Gasteiger partial charge in [-0.1, -0.05) is 58.9 Å². The number of hydrogen-bond acceptors (Lipinski definition) is 5. The van der Waals surface area contributed by atoms with Gasteiger partial charge in [0.2, 0.25) is 0 Å².